The maximum absolute atomic E-state index is 9.85. The van der Waals surface area contributed by atoms with Gasteiger partial charge in [-0.3, -0.25) is 15.8 Å². The molecular weight excluding hydrogens is 155 g/mol. The van der Waals surface area contributed by atoms with Crippen LogP contribution >= 0.6 is 0 Å². The van der Waals surface area contributed by atoms with Gasteiger partial charge < -0.3 is 0 Å². The molecule has 0 bridgehead atoms. The van der Waals surface area contributed by atoms with Crippen LogP contribution in [0, 0.1) is 0 Å². The monoisotopic (exact) mass is 163 g/mol. The molecule has 0 aliphatic rings. The Morgan fingerprint density at radius 3 is 2.11 bits per heavy atom. The molecule has 0 rings (SSSR count). The molecule has 0 aromatic rings. The molecule has 0 aliphatic heterocycles. The molecule has 9 heavy (non-hydrogen) atoms. The molecule has 0 amide bonds. The SMILES string of the molecule is NNCCS(=O)(=O)O.[Na]. The van der Waals surface area contributed by atoms with E-state index in [1.807, 2.05) is 0 Å². The summed E-state index contributed by atoms with van der Waals surface area (Å²) in [5.74, 6) is 4.37. The van der Waals surface area contributed by atoms with Gasteiger partial charge in [0.1, 0.15) is 0 Å². The van der Waals surface area contributed by atoms with Gasteiger partial charge in [-0.15, -0.1) is 0 Å². The third-order valence-electron chi connectivity index (χ3n) is 0.504. The second-order valence-electron chi connectivity index (χ2n) is 1.24. The predicted molar refractivity (Wildman–Crippen MR) is 34.4 cm³/mol. The maximum Gasteiger partial charge on any atom is 0.266 e. The molecule has 0 saturated carbocycles. The van der Waals surface area contributed by atoms with Crippen molar-refractivity contribution >= 4 is 39.7 Å². The van der Waals surface area contributed by atoms with Crippen LogP contribution in [0.4, 0.5) is 0 Å². The molecule has 0 aromatic carbocycles. The number of nitrogens with one attached hydrogen (secondary N) is 1. The van der Waals surface area contributed by atoms with Crippen LogP contribution in [-0.4, -0.2) is 54.8 Å². The third kappa shape index (κ3) is 12.1. The summed E-state index contributed by atoms with van der Waals surface area (Å²) < 4.78 is 27.7. The van der Waals surface area contributed by atoms with Crippen molar-refractivity contribution in [3.63, 3.8) is 0 Å². The summed E-state index contributed by atoms with van der Waals surface area (Å²) in [6, 6.07) is 0. The molecule has 1 radical (unpaired) electrons. The van der Waals surface area contributed by atoms with E-state index in [-0.39, 0.29) is 41.9 Å². The zero-order chi connectivity index (χ0) is 6.62. The summed E-state index contributed by atoms with van der Waals surface area (Å²) in [6.07, 6.45) is 0. The van der Waals surface area contributed by atoms with Crippen LogP contribution in [-0.2, 0) is 10.1 Å². The quantitative estimate of drug-likeness (QED) is 0.193. The minimum atomic E-state index is -3.83. The molecule has 4 N–H and O–H groups in total. The van der Waals surface area contributed by atoms with Gasteiger partial charge in [0.2, 0.25) is 0 Å². The van der Waals surface area contributed by atoms with Gasteiger partial charge in [-0.1, -0.05) is 0 Å². The standard InChI is InChI=1S/C2H8N2O3S.Na/c3-4-1-2-8(5,6)7;/h4H,1-3H2,(H,5,6,7);. The van der Waals surface area contributed by atoms with Gasteiger partial charge in [-0.2, -0.15) is 8.42 Å². The van der Waals surface area contributed by atoms with E-state index < -0.39 is 10.1 Å². The molecule has 51 valence electrons. The molecule has 5 nitrogen and oxygen atoms in total. The smallest absolute Gasteiger partial charge is 0.266 e. The van der Waals surface area contributed by atoms with Crippen molar-refractivity contribution < 1.29 is 13.0 Å². The van der Waals surface area contributed by atoms with Crippen LogP contribution < -0.4 is 11.3 Å². The van der Waals surface area contributed by atoms with Gasteiger partial charge in [-0.25, -0.2) is 0 Å². The van der Waals surface area contributed by atoms with Gasteiger partial charge in [0.25, 0.3) is 10.1 Å². The van der Waals surface area contributed by atoms with Crippen LogP contribution in [0.5, 0.6) is 0 Å². The molecule has 0 saturated heterocycles. The van der Waals surface area contributed by atoms with Gasteiger partial charge in [0.15, 0.2) is 0 Å². The maximum atomic E-state index is 9.85. The first-order valence-electron chi connectivity index (χ1n) is 1.95. The normalized spacial score (nSPS) is 10.4. The van der Waals surface area contributed by atoms with Crippen LogP contribution in [0.15, 0.2) is 0 Å². The molecule has 0 heterocycles. The van der Waals surface area contributed by atoms with Crippen LogP contribution in [0.1, 0.15) is 0 Å². The van der Waals surface area contributed by atoms with Crippen molar-refractivity contribution in [1.82, 2.24) is 5.43 Å². The Bertz CT molecular complexity index is 144. The number of rotatable bonds is 3. The first-order chi connectivity index (χ1) is 3.56. The molecular formula is C2H8N2NaO3S. The van der Waals surface area contributed by atoms with E-state index in [0.717, 1.165) is 0 Å². The van der Waals surface area contributed by atoms with E-state index in [1.165, 1.54) is 0 Å². The summed E-state index contributed by atoms with van der Waals surface area (Å²) in [5.41, 5.74) is 2.09. The fraction of sp³-hybridized carbons (Fsp3) is 1.00. The summed E-state index contributed by atoms with van der Waals surface area (Å²) in [5, 5.41) is 0. The Labute approximate surface area is 76.0 Å². The Kier molecular flexibility index (Phi) is 7.78. The molecule has 0 aromatic heterocycles. The van der Waals surface area contributed by atoms with Crippen LogP contribution in [0.3, 0.4) is 0 Å². The van der Waals surface area contributed by atoms with Crippen LogP contribution in [0.25, 0.3) is 0 Å². The van der Waals surface area contributed by atoms with Crippen molar-refractivity contribution in [3.8, 4) is 0 Å². The summed E-state index contributed by atoms with van der Waals surface area (Å²) in [4.78, 5) is 0. The van der Waals surface area contributed by atoms with E-state index >= 15 is 0 Å². The topological polar surface area (TPSA) is 92.4 Å². The Balaban J connectivity index is 0. The van der Waals surface area contributed by atoms with Crippen molar-refractivity contribution in [2.45, 2.75) is 0 Å². The van der Waals surface area contributed by atoms with Crippen molar-refractivity contribution in [2.24, 2.45) is 5.84 Å². The molecule has 7 heteroatoms. The average Bonchev–Trinajstić information content (AvgIpc) is 1.59. The van der Waals surface area contributed by atoms with E-state index in [2.05, 4.69) is 5.43 Å². The zero-order valence-corrected chi connectivity index (χ0v) is 7.98. The summed E-state index contributed by atoms with van der Waals surface area (Å²) in [7, 11) is -3.83. The van der Waals surface area contributed by atoms with Gasteiger partial charge in [0, 0.05) is 36.1 Å². The van der Waals surface area contributed by atoms with E-state index in [0.29, 0.717) is 0 Å². The first-order valence-corrected chi connectivity index (χ1v) is 3.56. The first kappa shape index (κ1) is 12.5. The number of nitrogens with two attached hydrogens (primary N) is 1. The fourth-order valence-electron chi connectivity index (χ4n) is 0.188. The Morgan fingerprint density at radius 2 is 2.00 bits per heavy atom. The van der Waals surface area contributed by atoms with E-state index in [1.54, 1.807) is 0 Å². The van der Waals surface area contributed by atoms with Gasteiger partial charge in [-0.05, 0) is 0 Å². The van der Waals surface area contributed by atoms with Gasteiger partial charge >= 0.3 is 0 Å². The predicted octanol–water partition coefficient (Wildman–Crippen LogP) is -2.04. The molecule has 0 atom stereocenters. The van der Waals surface area contributed by atoms with Gasteiger partial charge in [0.05, 0.1) is 5.75 Å². The van der Waals surface area contributed by atoms with Crippen molar-refractivity contribution in [1.29, 1.82) is 0 Å². The summed E-state index contributed by atoms with van der Waals surface area (Å²) >= 11 is 0. The van der Waals surface area contributed by atoms with E-state index in [4.69, 9.17) is 10.4 Å². The number of hydrogen-bond acceptors (Lipinski definition) is 4. The fourth-order valence-corrected chi connectivity index (χ4v) is 0.564. The minimum absolute atomic E-state index is 0. The molecule has 0 fully saturated rings. The second kappa shape index (κ2) is 5.60. The molecule has 0 aliphatic carbocycles. The Hall–Kier alpha value is 0.830. The van der Waals surface area contributed by atoms with Crippen LogP contribution in [0.2, 0.25) is 0 Å². The largest absolute Gasteiger partial charge is 0.286 e. The molecule has 0 spiro atoms. The summed E-state index contributed by atoms with van der Waals surface area (Å²) in [6.45, 7) is 0.0683. The third-order valence-corrected chi connectivity index (χ3v) is 1.22. The Morgan fingerprint density at radius 1 is 1.56 bits per heavy atom. The van der Waals surface area contributed by atoms with E-state index in [9.17, 15) is 8.42 Å². The van der Waals surface area contributed by atoms with Crippen molar-refractivity contribution in [3.05, 3.63) is 0 Å². The molecule has 0 unspecified atom stereocenters. The number of hydrogen-bond donors (Lipinski definition) is 3. The minimum Gasteiger partial charge on any atom is -0.286 e. The zero-order valence-electron chi connectivity index (χ0n) is 5.16. The van der Waals surface area contributed by atoms with Crippen molar-refractivity contribution in [2.75, 3.05) is 12.3 Å². The average molecular weight is 163 g/mol. The second-order valence-corrected chi connectivity index (χ2v) is 2.81. The number of hydrazine groups is 1.